The highest BCUT2D eigenvalue weighted by Crippen LogP contribution is 2.36. The molecule has 64 heavy (non-hydrogen) atoms. The van der Waals surface area contributed by atoms with Crippen LogP contribution in [-0.2, 0) is 57.8 Å². The van der Waals surface area contributed by atoms with Gasteiger partial charge in [0, 0.05) is 12.0 Å². The first-order valence-electron chi connectivity index (χ1n) is 27.6. The van der Waals surface area contributed by atoms with Crippen LogP contribution in [0.25, 0.3) is 0 Å². The van der Waals surface area contributed by atoms with Crippen molar-refractivity contribution in [1.82, 2.24) is 0 Å². The molecule has 1 heteroatoms. The smallest absolute Gasteiger partial charge is 0.119 e. The molecule has 0 unspecified atom stereocenters. The largest absolute Gasteiger partial charge is 0.508 e. The van der Waals surface area contributed by atoms with Crippen LogP contribution in [0, 0.1) is 0 Å². The zero-order valence-electron chi connectivity index (χ0n) is 42.6. The summed E-state index contributed by atoms with van der Waals surface area (Å²) in [5.41, 5.74) is 17.9. The molecule has 4 aromatic rings. The molecule has 0 saturated heterocycles. The summed E-state index contributed by atoms with van der Waals surface area (Å²) in [6.45, 7) is 13.9. The molecule has 0 aromatic heterocycles. The van der Waals surface area contributed by atoms with Crippen LogP contribution in [-0.4, -0.2) is 5.11 Å². The van der Waals surface area contributed by atoms with E-state index in [9.17, 15) is 5.11 Å². The minimum atomic E-state index is 0.480. The molecule has 0 bridgehead atoms. The van der Waals surface area contributed by atoms with E-state index in [2.05, 4.69) is 108 Å². The van der Waals surface area contributed by atoms with Gasteiger partial charge in [0.1, 0.15) is 5.75 Å². The van der Waals surface area contributed by atoms with E-state index < -0.39 is 0 Å². The van der Waals surface area contributed by atoms with Crippen molar-refractivity contribution >= 4 is 0 Å². The Morgan fingerprint density at radius 1 is 0.250 bits per heavy atom. The topological polar surface area (TPSA) is 20.2 Å². The quantitative estimate of drug-likeness (QED) is 0.0452. The number of phenols is 1. The number of rotatable bonds is 36. The van der Waals surface area contributed by atoms with E-state index in [-0.39, 0.29) is 0 Å². The van der Waals surface area contributed by atoms with Gasteiger partial charge in [0.15, 0.2) is 0 Å². The fourth-order valence-corrected chi connectivity index (χ4v) is 10.5. The van der Waals surface area contributed by atoms with Gasteiger partial charge < -0.3 is 5.11 Å². The molecule has 0 fully saturated rings. The van der Waals surface area contributed by atoms with Crippen LogP contribution in [0.1, 0.15) is 262 Å². The highest BCUT2D eigenvalue weighted by atomic mass is 16.3. The number of aryl methyl sites for hydroxylation is 3. The van der Waals surface area contributed by atoms with Crippen LogP contribution in [0.3, 0.4) is 0 Å². The van der Waals surface area contributed by atoms with Gasteiger partial charge in [-0.2, -0.15) is 0 Å². The lowest BCUT2D eigenvalue weighted by Crippen LogP contribution is -2.10. The fraction of sp³-hybridized carbons (Fsp3) is 0.619. The maximum atomic E-state index is 12.2. The summed E-state index contributed by atoms with van der Waals surface area (Å²) >= 11 is 0. The Bertz CT molecular complexity index is 1840. The van der Waals surface area contributed by atoms with E-state index in [0.717, 1.165) is 38.5 Å². The van der Waals surface area contributed by atoms with Crippen molar-refractivity contribution in [2.24, 2.45) is 0 Å². The van der Waals surface area contributed by atoms with Crippen LogP contribution in [0.5, 0.6) is 5.75 Å². The second-order valence-corrected chi connectivity index (χ2v) is 19.8. The average Bonchev–Trinajstić information content (AvgIpc) is 3.30. The van der Waals surface area contributed by atoms with Gasteiger partial charge in [0.2, 0.25) is 0 Å². The molecule has 354 valence electrons. The Morgan fingerprint density at radius 2 is 0.531 bits per heavy atom. The van der Waals surface area contributed by atoms with Gasteiger partial charge in [-0.3, -0.25) is 0 Å². The summed E-state index contributed by atoms with van der Waals surface area (Å²) in [6, 6.07) is 26.1. The van der Waals surface area contributed by atoms with Crippen LogP contribution in [0.15, 0.2) is 66.7 Å². The Morgan fingerprint density at radius 3 is 0.875 bits per heavy atom. The number of aromatic hydroxyl groups is 1. The highest BCUT2D eigenvalue weighted by Gasteiger charge is 2.21. The number of hydrogen-bond donors (Lipinski definition) is 1. The zero-order valence-corrected chi connectivity index (χ0v) is 42.6. The van der Waals surface area contributed by atoms with E-state index in [4.69, 9.17) is 0 Å². The van der Waals surface area contributed by atoms with E-state index >= 15 is 0 Å². The molecule has 0 aliphatic carbocycles. The fourth-order valence-electron chi connectivity index (χ4n) is 10.5. The normalized spacial score (nSPS) is 11.5. The van der Waals surface area contributed by atoms with E-state index in [1.54, 1.807) is 33.4 Å². The van der Waals surface area contributed by atoms with Crippen molar-refractivity contribution in [2.45, 2.75) is 253 Å². The number of phenolic OH excluding ortho intramolecular Hbond substituents is 1. The first-order valence-corrected chi connectivity index (χ1v) is 27.6. The molecule has 0 amide bonds. The van der Waals surface area contributed by atoms with Crippen LogP contribution >= 0.6 is 0 Å². The second-order valence-electron chi connectivity index (χ2n) is 19.8. The Kier molecular flexibility index (Phi) is 27.0. The lowest BCUT2D eigenvalue weighted by molar-refractivity contribution is 0.468. The summed E-state index contributed by atoms with van der Waals surface area (Å²) < 4.78 is 0. The minimum Gasteiger partial charge on any atom is -0.508 e. The second kappa shape index (κ2) is 32.4. The monoisotopic (exact) mass is 869 g/mol. The maximum absolute atomic E-state index is 12.2. The number of hydrogen-bond acceptors (Lipinski definition) is 1. The molecule has 0 atom stereocenters. The molecule has 0 spiro atoms. The Labute approximate surface area is 396 Å². The van der Waals surface area contributed by atoms with Crippen LogP contribution < -0.4 is 0 Å². The van der Waals surface area contributed by atoms with Gasteiger partial charge in [-0.25, -0.2) is 0 Å². The number of benzene rings is 4. The summed E-state index contributed by atoms with van der Waals surface area (Å²) in [5, 5.41) is 12.2. The van der Waals surface area contributed by atoms with Gasteiger partial charge in [0.05, 0.1) is 0 Å². The molecular weight excluding hydrogens is 773 g/mol. The summed E-state index contributed by atoms with van der Waals surface area (Å²) in [5.74, 6) is 0.480. The average molecular weight is 869 g/mol. The van der Waals surface area contributed by atoms with E-state index in [1.807, 2.05) is 0 Å². The van der Waals surface area contributed by atoms with Gasteiger partial charge >= 0.3 is 0 Å². The van der Waals surface area contributed by atoms with Crippen molar-refractivity contribution in [3.8, 4) is 5.75 Å². The SMILES string of the molecule is CCCCCCc1cccc(Cc2ccc(O)c(Cc3cccc(CCCCCC)c3CCCCCC)c2Cc2cccc(CCCCCC)c2CCCCCC)c1CCCCCC. The van der Waals surface area contributed by atoms with Crippen molar-refractivity contribution in [3.05, 3.63) is 133 Å². The lowest BCUT2D eigenvalue weighted by atomic mass is 9.82. The van der Waals surface area contributed by atoms with Gasteiger partial charge in [-0.1, -0.05) is 218 Å². The van der Waals surface area contributed by atoms with Crippen LogP contribution in [0.2, 0.25) is 0 Å². The summed E-state index contributed by atoms with van der Waals surface area (Å²) in [7, 11) is 0. The molecule has 1 N–H and O–H groups in total. The number of unbranched alkanes of at least 4 members (excludes halogenated alkanes) is 18. The highest BCUT2D eigenvalue weighted by molar-refractivity contribution is 5.54. The van der Waals surface area contributed by atoms with Crippen molar-refractivity contribution in [3.63, 3.8) is 0 Å². The van der Waals surface area contributed by atoms with Crippen molar-refractivity contribution < 1.29 is 5.11 Å². The molecule has 0 heterocycles. The lowest BCUT2D eigenvalue weighted by Gasteiger charge is -2.23. The van der Waals surface area contributed by atoms with Gasteiger partial charge in [-0.05, 0) is 157 Å². The van der Waals surface area contributed by atoms with Crippen molar-refractivity contribution in [2.75, 3.05) is 0 Å². The Hall–Kier alpha value is -3.32. The predicted octanol–water partition coefficient (Wildman–Crippen LogP) is 18.9. The maximum Gasteiger partial charge on any atom is 0.119 e. The zero-order chi connectivity index (χ0) is 45.6. The molecule has 0 saturated carbocycles. The van der Waals surface area contributed by atoms with Gasteiger partial charge in [0.25, 0.3) is 0 Å². The van der Waals surface area contributed by atoms with E-state index in [0.29, 0.717) is 5.75 Å². The van der Waals surface area contributed by atoms with Crippen molar-refractivity contribution in [1.29, 1.82) is 0 Å². The first kappa shape index (κ1) is 53.3. The van der Waals surface area contributed by atoms with Gasteiger partial charge in [-0.15, -0.1) is 0 Å². The summed E-state index contributed by atoms with van der Waals surface area (Å²) in [6.07, 6.45) is 40.6. The molecule has 0 aliphatic heterocycles. The molecule has 0 aliphatic rings. The minimum absolute atomic E-state index is 0.480. The molecular formula is C63H96O. The molecule has 1 nitrogen and oxygen atoms in total. The molecule has 0 radical (unpaired) electrons. The standard InChI is InChI=1S/C63H96O/c1-7-13-19-25-34-51-37-31-40-54(58(51)43-28-22-16-10-4)48-57-46-47-63(64)62(50-56-42-33-39-53(36-27-21-15-9-3)60(56)45-30-24-18-12-6)61(57)49-55-41-32-38-52(35-26-20-14-8-2)59(55)44-29-23-17-11-5/h31-33,37-42,46-47,64H,7-30,34-36,43-45,48-50H2,1-6H3. The Balaban J connectivity index is 1.89. The summed E-state index contributed by atoms with van der Waals surface area (Å²) in [4.78, 5) is 0. The predicted molar refractivity (Wildman–Crippen MR) is 283 cm³/mol. The third-order valence-electron chi connectivity index (χ3n) is 14.5. The molecule has 4 rings (SSSR count). The third-order valence-corrected chi connectivity index (χ3v) is 14.5. The van der Waals surface area contributed by atoms with E-state index in [1.165, 1.54) is 207 Å². The molecule has 4 aromatic carbocycles. The third kappa shape index (κ3) is 18.2. The van der Waals surface area contributed by atoms with Crippen LogP contribution in [0.4, 0.5) is 0 Å². The first-order chi connectivity index (χ1) is 31.5.